The van der Waals surface area contributed by atoms with E-state index in [2.05, 4.69) is 59.1 Å². The highest BCUT2D eigenvalue weighted by molar-refractivity contribution is 14.0. The second-order valence-electron chi connectivity index (χ2n) is 5.73. The highest BCUT2D eigenvalue weighted by atomic mass is 127. The van der Waals surface area contributed by atoms with Crippen molar-refractivity contribution in [1.29, 1.82) is 0 Å². The van der Waals surface area contributed by atoms with Gasteiger partial charge in [-0.3, -0.25) is 4.79 Å². The summed E-state index contributed by atoms with van der Waals surface area (Å²) in [5, 5.41) is 9.20. The van der Waals surface area contributed by atoms with Crippen molar-refractivity contribution in [3.05, 3.63) is 35.4 Å². The van der Waals surface area contributed by atoms with Gasteiger partial charge in [-0.25, -0.2) is 4.99 Å². The van der Waals surface area contributed by atoms with Crippen LogP contribution < -0.4 is 16.0 Å². The number of nitrogens with one attached hydrogen (secondary N) is 3. The van der Waals surface area contributed by atoms with E-state index in [-0.39, 0.29) is 36.4 Å². The fourth-order valence-electron chi connectivity index (χ4n) is 2.10. The molecule has 0 bridgehead atoms. The van der Waals surface area contributed by atoms with Gasteiger partial charge in [-0.1, -0.05) is 36.8 Å². The number of guanidine groups is 1. The van der Waals surface area contributed by atoms with E-state index < -0.39 is 0 Å². The molecular formula is C18H31IN4O2. The number of carbonyl (C=O) groups excluding carboxylic acids is 1. The van der Waals surface area contributed by atoms with Crippen LogP contribution in [0.4, 0.5) is 0 Å². The first kappa shape index (κ1) is 23.6. The third kappa shape index (κ3) is 10.3. The summed E-state index contributed by atoms with van der Waals surface area (Å²) in [5.41, 5.74) is 2.54. The Labute approximate surface area is 168 Å². The molecule has 0 saturated heterocycles. The Bertz CT molecular complexity index is 520. The molecule has 0 aliphatic heterocycles. The lowest BCUT2D eigenvalue weighted by atomic mass is 10.0. The Morgan fingerprint density at radius 2 is 1.88 bits per heavy atom. The molecule has 25 heavy (non-hydrogen) atoms. The van der Waals surface area contributed by atoms with Crippen LogP contribution in [0.1, 0.15) is 30.9 Å². The van der Waals surface area contributed by atoms with Gasteiger partial charge in [0.05, 0.1) is 6.61 Å². The van der Waals surface area contributed by atoms with Crippen molar-refractivity contribution in [3.63, 3.8) is 0 Å². The SMILES string of the molecule is CCNC(=NCC(=O)NCCOC)NCC(C)c1ccc(C)cc1.I. The van der Waals surface area contributed by atoms with Gasteiger partial charge in [-0.05, 0) is 25.3 Å². The van der Waals surface area contributed by atoms with E-state index in [1.165, 1.54) is 11.1 Å². The molecule has 1 unspecified atom stereocenters. The molecule has 0 aliphatic rings. The number of methoxy groups -OCH3 is 1. The molecule has 1 amide bonds. The summed E-state index contributed by atoms with van der Waals surface area (Å²) in [5.74, 6) is 0.888. The first-order valence-electron chi connectivity index (χ1n) is 8.41. The number of aliphatic imine (C=N–C) groups is 1. The molecule has 1 aromatic carbocycles. The number of rotatable bonds is 9. The van der Waals surface area contributed by atoms with Gasteiger partial charge in [0.1, 0.15) is 6.54 Å². The number of ether oxygens (including phenoxy) is 1. The number of amides is 1. The molecule has 3 N–H and O–H groups in total. The minimum absolute atomic E-state index is 0. The zero-order chi connectivity index (χ0) is 17.8. The lowest BCUT2D eigenvalue weighted by Crippen LogP contribution is -2.40. The van der Waals surface area contributed by atoms with Gasteiger partial charge in [0.2, 0.25) is 5.91 Å². The summed E-state index contributed by atoms with van der Waals surface area (Å²) in [6.07, 6.45) is 0. The van der Waals surface area contributed by atoms with E-state index in [0.29, 0.717) is 25.0 Å². The topological polar surface area (TPSA) is 74.8 Å². The highest BCUT2D eigenvalue weighted by Gasteiger charge is 2.07. The van der Waals surface area contributed by atoms with Gasteiger partial charge in [0.15, 0.2) is 5.96 Å². The number of carbonyl (C=O) groups is 1. The molecule has 0 saturated carbocycles. The van der Waals surface area contributed by atoms with E-state index in [9.17, 15) is 4.79 Å². The summed E-state index contributed by atoms with van der Waals surface area (Å²) < 4.78 is 4.90. The Balaban J connectivity index is 0.00000576. The van der Waals surface area contributed by atoms with Crippen molar-refractivity contribution in [3.8, 4) is 0 Å². The molecule has 6 nitrogen and oxygen atoms in total. The Hall–Kier alpha value is -1.35. The first-order valence-corrected chi connectivity index (χ1v) is 8.41. The minimum Gasteiger partial charge on any atom is -0.383 e. The van der Waals surface area contributed by atoms with E-state index in [4.69, 9.17) is 4.74 Å². The molecule has 1 aromatic rings. The molecule has 1 atom stereocenters. The molecule has 0 aliphatic carbocycles. The molecule has 142 valence electrons. The fourth-order valence-corrected chi connectivity index (χ4v) is 2.10. The highest BCUT2D eigenvalue weighted by Crippen LogP contribution is 2.14. The monoisotopic (exact) mass is 462 g/mol. The van der Waals surface area contributed by atoms with Gasteiger partial charge in [0, 0.05) is 26.7 Å². The number of hydrogen-bond acceptors (Lipinski definition) is 3. The van der Waals surface area contributed by atoms with Gasteiger partial charge < -0.3 is 20.7 Å². The second kappa shape index (κ2) is 13.9. The lowest BCUT2D eigenvalue weighted by Gasteiger charge is -2.16. The summed E-state index contributed by atoms with van der Waals surface area (Å²) in [6, 6.07) is 8.54. The third-order valence-corrected chi connectivity index (χ3v) is 3.58. The normalized spacial score (nSPS) is 12.1. The maximum Gasteiger partial charge on any atom is 0.241 e. The summed E-state index contributed by atoms with van der Waals surface area (Å²) in [6.45, 7) is 8.84. The van der Waals surface area contributed by atoms with Crippen LogP contribution in [0.3, 0.4) is 0 Å². The molecule has 0 aromatic heterocycles. The van der Waals surface area contributed by atoms with E-state index in [1.54, 1.807) is 7.11 Å². The average molecular weight is 462 g/mol. The smallest absolute Gasteiger partial charge is 0.241 e. The number of benzene rings is 1. The van der Waals surface area contributed by atoms with Crippen LogP contribution in [-0.2, 0) is 9.53 Å². The number of hydrogen-bond donors (Lipinski definition) is 3. The van der Waals surface area contributed by atoms with Gasteiger partial charge in [-0.15, -0.1) is 24.0 Å². The quantitative estimate of drug-likeness (QED) is 0.227. The maximum atomic E-state index is 11.7. The zero-order valence-electron chi connectivity index (χ0n) is 15.6. The van der Waals surface area contributed by atoms with Crippen LogP contribution in [0.5, 0.6) is 0 Å². The van der Waals surface area contributed by atoms with Crippen LogP contribution in [0.2, 0.25) is 0 Å². The van der Waals surface area contributed by atoms with Crippen molar-refractivity contribution in [2.75, 3.05) is 39.9 Å². The summed E-state index contributed by atoms with van der Waals surface area (Å²) in [7, 11) is 1.60. The Morgan fingerprint density at radius 1 is 1.20 bits per heavy atom. The lowest BCUT2D eigenvalue weighted by molar-refractivity contribution is -0.119. The predicted molar refractivity (Wildman–Crippen MR) is 114 cm³/mol. The number of halogens is 1. The van der Waals surface area contributed by atoms with Crippen molar-refractivity contribution >= 4 is 35.8 Å². The summed E-state index contributed by atoms with van der Waals surface area (Å²) >= 11 is 0. The van der Waals surface area contributed by atoms with Crippen LogP contribution in [0.15, 0.2) is 29.3 Å². The molecule has 7 heteroatoms. The molecule has 0 radical (unpaired) electrons. The van der Waals surface area contributed by atoms with Crippen LogP contribution in [0, 0.1) is 6.92 Å². The fraction of sp³-hybridized carbons (Fsp3) is 0.556. The van der Waals surface area contributed by atoms with E-state index in [1.807, 2.05) is 6.92 Å². The number of nitrogens with zero attached hydrogens (tertiary/aromatic N) is 1. The largest absolute Gasteiger partial charge is 0.383 e. The standard InChI is InChI=1S/C18H30N4O2.HI/c1-5-19-18(22-13-17(23)20-10-11-24-4)21-12-15(3)16-8-6-14(2)7-9-16;/h6-9,15H,5,10-13H2,1-4H3,(H,20,23)(H2,19,21,22);1H. The second-order valence-corrected chi connectivity index (χ2v) is 5.73. The Kier molecular flexibility index (Phi) is 13.1. The van der Waals surface area contributed by atoms with Crippen LogP contribution in [-0.4, -0.2) is 51.8 Å². The zero-order valence-corrected chi connectivity index (χ0v) is 17.9. The average Bonchev–Trinajstić information content (AvgIpc) is 2.58. The van der Waals surface area contributed by atoms with Crippen molar-refractivity contribution in [1.82, 2.24) is 16.0 Å². The minimum atomic E-state index is -0.115. The first-order chi connectivity index (χ1) is 11.6. The molecule has 1 rings (SSSR count). The number of aryl methyl sites for hydroxylation is 1. The molecular weight excluding hydrogens is 431 g/mol. The summed E-state index contributed by atoms with van der Waals surface area (Å²) in [4.78, 5) is 16.0. The molecule has 0 heterocycles. The van der Waals surface area contributed by atoms with Crippen LogP contribution >= 0.6 is 24.0 Å². The van der Waals surface area contributed by atoms with E-state index in [0.717, 1.165) is 13.1 Å². The van der Waals surface area contributed by atoms with Crippen LogP contribution in [0.25, 0.3) is 0 Å². The maximum absolute atomic E-state index is 11.7. The van der Waals surface area contributed by atoms with Gasteiger partial charge >= 0.3 is 0 Å². The van der Waals surface area contributed by atoms with Gasteiger partial charge in [0.25, 0.3) is 0 Å². The van der Waals surface area contributed by atoms with Crippen molar-refractivity contribution < 1.29 is 9.53 Å². The van der Waals surface area contributed by atoms with Gasteiger partial charge in [-0.2, -0.15) is 0 Å². The van der Waals surface area contributed by atoms with E-state index >= 15 is 0 Å². The predicted octanol–water partition coefficient (Wildman–Crippen LogP) is 2.03. The molecule has 0 fully saturated rings. The molecule has 0 spiro atoms. The van der Waals surface area contributed by atoms with Crippen molar-refractivity contribution in [2.45, 2.75) is 26.7 Å². The third-order valence-electron chi connectivity index (χ3n) is 3.58. The van der Waals surface area contributed by atoms with Crippen molar-refractivity contribution in [2.24, 2.45) is 4.99 Å². The Morgan fingerprint density at radius 3 is 2.48 bits per heavy atom.